The molecule has 1 saturated heterocycles. The van der Waals surface area contributed by atoms with Crippen LogP contribution < -0.4 is 5.32 Å². The third kappa shape index (κ3) is 5.50. The molecule has 1 amide bonds. The van der Waals surface area contributed by atoms with Gasteiger partial charge in [-0.1, -0.05) is 19.6 Å². The highest BCUT2D eigenvalue weighted by molar-refractivity contribution is 8.00. The number of carbonyl (C=O) groups is 4. The number of hydrogen-bond acceptors (Lipinski definition) is 10. The number of hydrogen-bond donors (Lipinski definition) is 2. The van der Waals surface area contributed by atoms with Gasteiger partial charge in [-0.05, 0) is 6.04 Å². The molecule has 174 valence electrons. The van der Waals surface area contributed by atoms with Gasteiger partial charge in [0.2, 0.25) is 0 Å². The highest BCUT2D eigenvalue weighted by Gasteiger charge is 2.54. The molecule has 1 fully saturated rings. The molecule has 0 aromatic carbocycles. The van der Waals surface area contributed by atoms with Crippen molar-refractivity contribution in [2.24, 2.45) is 0 Å². The van der Waals surface area contributed by atoms with Crippen LogP contribution in [0.25, 0.3) is 0 Å². The first kappa shape index (κ1) is 24.3. The Balaban J connectivity index is 1.63. The topological polar surface area (TPSA) is 135 Å². The summed E-state index contributed by atoms with van der Waals surface area (Å²) in [5.41, 5.74) is 0.394. The lowest BCUT2D eigenvalue weighted by Crippen LogP contribution is -2.67. The highest BCUT2D eigenvalue weighted by Crippen LogP contribution is 2.41. The quantitative estimate of drug-likeness (QED) is 0.296. The van der Waals surface area contributed by atoms with E-state index in [0.29, 0.717) is 23.1 Å². The van der Waals surface area contributed by atoms with Gasteiger partial charge in [0.25, 0.3) is 5.91 Å². The molecule has 0 aliphatic carbocycles. The second-order valence-corrected chi connectivity index (χ2v) is 16.1. The van der Waals surface area contributed by atoms with E-state index in [4.69, 9.17) is 9.47 Å². The Kier molecular flexibility index (Phi) is 7.30. The van der Waals surface area contributed by atoms with Crippen molar-refractivity contribution in [3.8, 4) is 0 Å². The summed E-state index contributed by atoms with van der Waals surface area (Å²) < 4.78 is 10.2. The number of nitrogens with one attached hydrogen (secondary N) is 1. The number of β-lactam (4-membered cyclic amide) rings is 1. The molecule has 0 spiro atoms. The summed E-state index contributed by atoms with van der Waals surface area (Å²) in [6, 6.07) is 0.185. The average molecular weight is 500 g/mol. The maximum atomic E-state index is 12.7. The van der Waals surface area contributed by atoms with Crippen LogP contribution in [0.15, 0.2) is 16.7 Å². The number of rotatable bonds is 9. The summed E-state index contributed by atoms with van der Waals surface area (Å²) in [5, 5.41) is 14.1. The van der Waals surface area contributed by atoms with E-state index in [1.165, 1.54) is 34.9 Å². The Morgan fingerprint density at radius 3 is 2.66 bits per heavy atom. The summed E-state index contributed by atoms with van der Waals surface area (Å²) >= 11 is 2.55. The smallest absolute Gasteiger partial charge is 0.357 e. The van der Waals surface area contributed by atoms with Crippen LogP contribution in [0.1, 0.15) is 17.4 Å². The molecule has 13 heteroatoms. The Hall–Kier alpha value is -2.38. The van der Waals surface area contributed by atoms with E-state index >= 15 is 0 Å². The number of fused-ring (bicyclic) bond motifs is 1. The zero-order valence-electron chi connectivity index (χ0n) is 18.2. The average Bonchev–Trinajstić information content (AvgIpc) is 3.17. The number of carboxylic acid groups (broad SMARTS) is 1. The molecular weight excluding hydrogens is 474 g/mol. The number of thiazole rings is 1. The van der Waals surface area contributed by atoms with Crippen LogP contribution in [0.4, 0.5) is 5.13 Å². The Morgan fingerprint density at radius 2 is 2.03 bits per heavy atom. The predicted molar refractivity (Wildman–Crippen MR) is 122 cm³/mol. The van der Waals surface area contributed by atoms with Gasteiger partial charge in [0.15, 0.2) is 10.8 Å². The molecule has 0 radical (unpaired) electrons. The molecule has 1 aromatic heterocycles. The van der Waals surface area contributed by atoms with Crippen LogP contribution in [0.2, 0.25) is 25.7 Å². The lowest BCUT2D eigenvalue weighted by Gasteiger charge is -2.49. The minimum atomic E-state index is -1.31. The van der Waals surface area contributed by atoms with Crippen molar-refractivity contribution in [1.29, 1.82) is 0 Å². The standard InChI is InChI=1S/C19H25N3O7S2Si/c1-10(23)29-7-11-8-30-16-13(15(24)22(16)14(11)17(25)26)21-19-20-12(9-31-19)18(27)28-5-6-32(2,3)4/h9,13,16H,5-8H2,1-4H3,(H,20,21)(H,25,26)/t13-,16-/m0/s1. The minimum absolute atomic E-state index is 0.149. The summed E-state index contributed by atoms with van der Waals surface area (Å²) in [6.45, 7) is 7.99. The SMILES string of the molecule is CC(=O)OCC1=C(C(=O)O)N2C(=O)[C@H](Nc3nc(C(=O)OCC[Si](C)(C)C)cs3)[C@@H]2SC1. The molecule has 3 heterocycles. The van der Waals surface area contributed by atoms with Crippen molar-refractivity contribution < 1.29 is 33.8 Å². The second kappa shape index (κ2) is 9.63. The normalized spacial score (nSPS) is 20.4. The van der Waals surface area contributed by atoms with E-state index in [1.807, 2.05) is 0 Å². The number of anilines is 1. The van der Waals surface area contributed by atoms with Gasteiger partial charge >= 0.3 is 17.9 Å². The molecule has 0 unspecified atom stereocenters. The number of ether oxygens (including phenoxy) is 2. The van der Waals surface area contributed by atoms with E-state index < -0.39 is 43.3 Å². The van der Waals surface area contributed by atoms with Crippen LogP contribution in [0.3, 0.4) is 0 Å². The monoisotopic (exact) mass is 499 g/mol. The van der Waals surface area contributed by atoms with Crippen molar-refractivity contribution in [3.63, 3.8) is 0 Å². The van der Waals surface area contributed by atoms with Crippen LogP contribution >= 0.6 is 23.1 Å². The maximum Gasteiger partial charge on any atom is 0.357 e. The first-order valence-corrected chi connectivity index (χ1v) is 15.5. The molecule has 32 heavy (non-hydrogen) atoms. The predicted octanol–water partition coefficient (Wildman–Crippen LogP) is 2.24. The number of nitrogens with zero attached hydrogens (tertiary/aromatic N) is 2. The summed E-state index contributed by atoms with van der Waals surface area (Å²) in [7, 11) is -1.31. The maximum absolute atomic E-state index is 12.7. The van der Waals surface area contributed by atoms with Crippen molar-refractivity contribution in [2.45, 2.75) is 44.0 Å². The van der Waals surface area contributed by atoms with Gasteiger partial charge in [-0.25, -0.2) is 14.6 Å². The zero-order valence-corrected chi connectivity index (χ0v) is 20.8. The third-order valence-corrected chi connectivity index (χ3v) is 8.59. The van der Waals surface area contributed by atoms with Gasteiger partial charge in [0.1, 0.15) is 23.7 Å². The Bertz CT molecular complexity index is 972. The van der Waals surface area contributed by atoms with Crippen LogP contribution in [0, 0.1) is 0 Å². The van der Waals surface area contributed by atoms with E-state index in [2.05, 4.69) is 29.9 Å². The molecule has 2 aliphatic rings. The molecule has 3 rings (SSSR count). The van der Waals surface area contributed by atoms with E-state index in [0.717, 1.165) is 6.04 Å². The zero-order chi connectivity index (χ0) is 23.6. The fourth-order valence-corrected chi connectivity index (χ4v) is 5.83. The lowest BCUT2D eigenvalue weighted by molar-refractivity contribution is -0.147. The highest BCUT2D eigenvalue weighted by atomic mass is 32.2. The molecule has 10 nitrogen and oxygen atoms in total. The van der Waals surface area contributed by atoms with Crippen molar-refractivity contribution in [3.05, 3.63) is 22.3 Å². The Labute approximate surface area is 194 Å². The van der Waals surface area contributed by atoms with Crippen LogP contribution in [-0.2, 0) is 23.9 Å². The molecule has 2 aliphatic heterocycles. The minimum Gasteiger partial charge on any atom is -0.477 e. The van der Waals surface area contributed by atoms with Crippen LogP contribution in [0.5, 0.6) is 0 Å². The summed E-state index contributed by atoms with van der Waals surface area (Å²) in [4.78, 5) is 53.1. The van der Waals surface area contributed by atoms with Gasteiger partial charge in [0, 0.05) is 31.7 Å². The number of carboxylic acids is 1. The van der Waals surface area contributed by atoms with Crippen molar-refractivity contribution >= 4 is 60.1 Å². The second-order valence-electron chi connectivity index (χ2n) is 8.55. The molecule has 2 N–H and O–H groups in total. The summed E-state index contributed by atoms with van der Waals surface area (Å²) in [5.74, 6) is -2.39. The molecule has 1 aromatic rings. The van der Waals surface area contributed by atoms with Gasteiger partial charge in [-0.15, -0.1) is 23.1 Å². The largest absolute Gasteiger partial charge is 0.477 e. The first-order chi connectivity index (χ1) is 15.0. The number of carbonyl (C=O) groups excluding carboxylic acids is 3. The first-order valence-electron chi connectivity index (χ1n) is 9.90. The number of aliphatic carboxylic acids is 1. The van der Waals surface area contributed by atoms with Crippen molar-refractivity contribution in [2.75, 3.05) is 24.3 Å². The van der Waals surface area contributed by atoms with E-state index in [9.17, 15) is 24.3 Å². The number of aromatic nitrogens is 1. The van der Waals surface area contributed by atoms with Gasteiger partial charge in [-0.3, -0.25) is 14.5 Å². The van der Waals surface area contributed by atoms with Gasteiger partial charge in [-0.2, -0.15) is 0 Å². The molecule has 0 saturated carbocycles. The summed E-state index contributed by atoms with van der Waals surface area (Å²) in [6.07, 6.45) is 0. The molecular formula is C19H25N3O7S2Si. The van der Waals surface area contributed by atoms with E-state index in [1.54, 1.807) is 5.38 Å². The van der Waals surface area contributed by atoms with Gasteiger partial charge in [0.05, 0.1) is 6.61 Å². The Morgan fingerprint density at radius 1 is 1.31 bits per heavy atom. The lowest BCUT2D eigenvalue weighted by atomic mass is 10.0. The van der Waals surface area contributed by atoms with Crippen LogP contribution in [-0.4, -0.2) is 77.3 Å². The van der Waals surface area contributed by atoms with Gasteiger partial charge < -0.3 is 19.9 Å². The molecule has 0 bridgehead atoms. The fourth-order valence-electron chi connectivity index (χ4n) is 3.07. The molecule has 2 atom stereocenters. The number of amides is 1. The van der Waals surface area contributed by atoms with Crippen molar-refractivity contribution in [1.82, 2.24) is 9.88 Å². The van der Waals surface area contributed by atoms with E-state index in [-0.39, 0.29) is 18.0 Å². The number of thioether (sulfide) groups is 1. The number of esters is 2. The fraction of sp³-hybridized carbons (Fsp3) is 0.526. The third-order valence-electron chi connectivity index (χ3n) is 4.78.